The number of anilines is 2. The van der Waals surface area contributed by atoms with Gasteiger partial charge in [0.05, 0.1) is 17.5 Å². The van der Waals surface area contributed by atoms with Gasteiger partial charge in [-0.1, -0.05) is 24.3 Å². The van der Waals surface area contributed by atoms with Gasteiger partial charge in [-0.3, -0.25) is 19.3 Å². The van der Waals surface area contributed by atoms with Crippen molar-refractivity contribution < 1.29 is 14.4 Å². The van der Waals surface area contributed by atoms with Crippen molar-refractivity contribution >= 4 is 29.1 Å². The lowest BCUT2D eigenvalue weighted by Crippen LogP contribution is -2.33. The molecule has 1 aliphatic heterocycles. The smallest absolute Gasteiger partial charge is 0.255 e. The van der Waals surface area contributed by atoms with Crippen molar-refractivity contribution in [1.29, 1.82) is 0 Å². The SMILES string of the molecule is Cc1cccc(C)c1NC(=O)c1cccc(N2C(=O)[C@@H]3[C@H]4CC[C@@H](C4)[C@@H]3C2=O)c1. The van der Waals surface area contributed by atoms with Crippen molar-refractivity contribution in [2.24, 2.45) is 23.7 Å². The summed E-state index contributed by atoms with van der Waals surface area (Å²) in [6.07, 6.45) is 3.12. The van der Waals surface area contributed by atoms with E-state index < -0.39 is 0 Å². The van der Waals surface area contributed by atoms with Gasteiger partial charge in [0, 0.05) is 11.3 Å². The number of para-hydroxylation sites is 1. The Morgan fingerprint density at radius 2 is 1.52 bits per heavy atom. The summed E-state index contributed by atoms with van der Waals surface area (Å²) >= 11 is 0. The van der Waals surface area contributed by atoms with E-state index in [9.17, 15) is 14.4 Å². The molecular formula is C24H24N2O3. The first-order chi connectivity index (χ1) is 14.0. The van der Waals surface area contributed by atoms with Crippen LogP contribution in [0.3, 0.4) is 0 Å². The fraction of sp³-hybridized carbons (Fsp3) is 0.375. The number of fused-ring (bicyclic) bond motifs is 5. The van der Waals surface area contributed by atoms with Crippen LogP contribution in [0.2, 0.25) is 0 Å². The van der Waals surface area contributed by atoms with Crippen molar-refractivity contribution in [2.45, 2.75) is 33.1 Å². The molecule has 3 amide bonds. The van der Waals surface area contributed by atoms with Gasteiger partial charge in [-0.25, -0.2) is 0 Å². The maximum atomic E-state index is 13.1. The van der Waals surface area contributed by atoms with Gasteiger partial charge in [-0.2, -0.15) is 0 Å². The number of hydrogen-bond acceptors (Lipinski definition) is 3. The Bertz CT molecular complexity index is 996. The number of carbonyl (C=O) groups excluding carboxylic acids is 3. The Balaban J connectivity index is 1.42. The normalized spacial score (nSPS) is 27.4. The van der Waals surface area contributed by atoms with Crippen LogP contribution in [0.5, 0.6) is 0 Å². The van der Waals surface area contributed by atoms with E-state index in [1.165, 1.54) is 4.90 Å². The fourth-order valence-electron chi connectivity index (χ4n) is 5.65. The molecule has 2 bridgehead atoms. The lowest BCUT2D eigenvalue weighted by molar-refractivity contribution is -0.123. The zero-order chi connectivity index (χ0) is 20.3. The number of nitrogens with one attached hydrogen (secondary N) is 1. The van der Waals surface area contributed by atoms with Gasteiger partial charge in [0.2, 0.25) is 11.8 Å². The van der Waals surface area contributed by atoms with Gasteiger partial charge in [-0.05, 0) is 74.3 Å². The Kier molecular flexibility index (Phi) is 4.09. The highest BCUT2D eigenvalue weighted by Gasteiger charge is 2.61. The summed E-state index contributed by atoms with van der Waals surface area (Å²) in [7, 11) is 0. The zero-order valence-corrected chi connectivity index (χ0v) is 16.6. The maximum absolute atomic E-state index is 13.1. The topological polar surface area (TPSA) is 66.5 Å². The van der Waals surface area contributed by atoms with Gasteiger partial charge < -0.3 is 5.32 Å². The van der Waals surface area contributed by atoms with Crippen LogP contribution in [-0.2, 0) is 9.59 Å². The largest absolute Gasteiger partial charge is 0.322 e. The molecule has 0 spiro atoms. The summed E-state index contributed by atoms with van der Waals surface area (Å²) in [5.74, 6) is -0.0340. The third-order valence-electron chi connectivity index (χ3n) is 7.01. The molecule has 2 aromatic carbocycles. The quantitative estimate of drug-likeness (QED) is 0.806. The van der Waals surface area contributed by atoms with Crippen molar-refractivity contribution in [3.8, 4) is 0 Å². The fourth-order valence-corrected chi connectivity index (χ4v) is 5.65. The second-order valence-electron chi connectivity index (χ2n) is 8.67. The van der Waals surface area contributed by atoms with E-state index in [0.717, 1.165) is 36.1 Å². The van der Waals surface area contributed by atoms with Gasteiger partial charge in [0.1, 0.15) is 0 Å². The highest BCUT2D eigenvalue weighted by molar-refractivity contribution is 6.23. The number of amides is 3. The second kappa shape index (κ2) is 6.55. The first-order valence-electron chi connectivity index (χ1n) is 10.3. The average Bonchev–Trinajstić information content (AvgIpc) is 3.38. The third-order valence-corrected chi connectivity index (χ3v) is 7.01. The second-order valence-corrected chi connectivity index (χ2v) is 8.67. The number of hydrogen-bond donors (Lipinski definition) is 1. The molecular weight excluding hydrogens is 364 g/mol. The van der Waals surface area contributed by atoms with Crippen LogP contribution in [0, 0.1) is 37.5 Å². The monoisotopic (exact) mass is 388 g/mol. The molecule has 3 aliphatic rings. The predicted octanol–water partition coefficient (Wildman–Crippen LogP) is 4.09. The number of rotatable bonds is 3. The number of aryl methyl sites for hydroxylation is 2. The Morgan fingerprint density at radius 1 is 0.931 bits per heavy atom. The van der Waals surface area contributed by atoms with Gasteiger partial charge in [0.25, 0.3) is 5.91 Å². The molecule has 2 saturated carbocycles. The summed E-state index contributed by atoms with van der Waals surface area (Å²) in [6, 6.07) is 12.7. The highest BCUT2D eigenvalue weighted by Crippen LogP contribution is 2.56. The highest BCUT2D eigenvalue weighted by atomic mass is 16.2. The zero-order valence-electron chi connectivity index (χ0n) is 16.6. The lowest BCUT2D eigenvalue weighted by Gasteiger charge is -2.19. The van der Waals surface area contributed by atoms with E-state index in [2.05, 4.69) is 5.32 Å². The minimum Gasteiger partial charge on any atom is -0.322 e. The van der Waals surface area contributed by atoms with Crippen LogP contribution in [0.25, 0.3) is 0 Å². The van der Waals surface area contributed by atoms with Crippen molar-refractivity contribution in [2.75, 3.05) is 10.2 Å². The molecule has 5 nitrogen and oxygen atoms in total. The maximum Gasteiger partial charge on any atom is 0.255 e. The van der Waals surface area contributed by atoms with Gasteiger partial charge in [-0.15, -0.1) is 0 Å². The molecule has 1 heterocycles. The first kappa shape index (κ1) is 18.1. The summed E-state index contributed by atoms with van der Waals surface area (Å²) in [4.78, 5) is 40.3. The predicted molar refractivity (Wildman–Crippen MR) is 111 cm³/mol. The van der Waals surface area contributed by atoms with Crippen LogP contribution >= 0.6 is 0 Å². The van der Waals surface area contributed by atoms with E-state index in [1.807, 2.05) is 32.0 Å². The Labute approximate surface area is 170 Å². The van der Waals surface area contributed by atoms with Crippen LogP contribution in [0.15, 0.2) is 42.5 Å². The van der Waals surface area contributed by atoms with Crippen LogP contribution in [0.1, 0.15) is 40.7 Å². The minimum absolute atomic E-state index is 0.0838. The molecule has 1 N–H and O–H groups in total. The van der Waals surface area contributed by atoms with E-state index in [0.29, 0.717) is 23.1 Å². The molecule has 0 unspecified atom stereocenters. The van der Waals surface area contributed by atoms with E-state index in [1.54, 1.807) is 24.3 Å². The van der Waals surface area contributed by atoms with Crippen LogP contribution < -0.4 is 10.2 Å². The van der Waals surface area contributed by atoms with Gasteiger partial charge >= 0.3 is 0 Å². The molecule has 148 valence electrons. The van der Waals surface area contributed by atoms with Crippen molar-refractivity contribution in [3.05, 3.63) is 59.2 Å². The molecule has 2 aliphatic carbocycles. The van der Waals surface area contributed by atoms with E-state index in [4.69, 9.17) is 0 Å². The van der Waals surface area contributed by atoms with Crippen LogP contribution in [0.4, 0.5) is 11.4 Å². The van der Waals surface area contributed by atoms with E-state index in [-0.39, 0.29) is 29.6 Å². The third kappa shape index (κ3) is 2.71. The number of nitrogens with zero attached hydrogens (tertiary/aromatic N) is 1. The standard InChI is InChI=1S/C24H24N2O3/c1-13-5-3-6-14(2)21(13)25-22(27)17-7-4-8-18(12-17)26-23(28)19-15-9-10-16(11-15)20(19)24(26)29/h3-8,12,15-16,19-20H,9-11H2,1-2H3,(H,25,27)/t15-,16-,19-,20+/m0/s1. The molecule has 0 radical (unpaired) electrons. The molecule has 5 heteroatoms. The average molecular weight is 388 g/mol. The summed E-state index contributed by atoms with van der Waals surface area (Å²) in [5.41, 5.74) is 3.71. The number of imide groups is 1. The number of carbonyl (C=O) groups is 3. The van der Waals surface area contributed by atoms with Crippen molar-refractivity contribution in [3.63, 3.8) is 0 Å². The summed E-state index contributed by atoms with van der Waals surface area (Å²) in [6.45, 7) is 3.90. The number of benzene rings is 2. The molecule has 4 atom stereocenters. The summed E-state index contributed by atoms with van der Waals surface area (Å²) in [5, 5.41) is 2.97. The Hall–Kier alpha value is -2.95. The molecule has 29 heavy (non-hydrogen) atoms. The molecule has 2 aromatic rings. The van der Waals surface area contributed by atoms with Crippen molar-refractivity contribution in [1.82, 2.24) is 0 Å². The molecule has 3 fully saturated rings. The summed E-state index contributed by atoms with van der Waals surface area (Å²) < 4.78 is 0. The molecule has 0 aromatic heterocycles. The van der Waals surface area contributed by atoms with E-state index >= 15 is 0 Å². The lowest BCUT2D eigenvalue weighted by atomic mass is 9.81. The molecule has 5 rings (SSSR count). The van der Waals surface area contributed by atoms with Crippen LogP contribution in [-0.4, -0.2) is 17.7 Å². The molecule has 1 saturated heterocycles. The van der Waals surface area contributed by atoms with Gasteiger partial charge in [0.15, 0.2) is 0 Å². The Morgan fingerprint density at radius 3 is 2.14 bits per heavy atom. The first-order valence-corrected chi connectivity index (χ1v) is 10.3. The minimum atomic E-state index is -0.247.